The lowest BCUT2D eigenvalue weighted by Crippen LogP contribution is -2.73. The molecule has 28 heavy (non-hydrogen) atoms. The largest absolute Gasteiger partial charge is 0.451 e. The molecule has 2 bridgehead atoms. The maximum atomic E-state index is 13.0. The normalized spacial score (nSPS) is 26.8. The predicted octanol–water partition coefficient (Wildman–Crippen LogP) is 4.42. The second-order valence-corrected chi connectivity index (χ2v) is 8.05. The second kappa shape index (κ2) is 6.25. The van der Waals surface area contributed by atoms with Crippen LogP contribution in [0.25, 0.3) is 0 Å². The summed E-state index contributed by atoms with van der Waals surface area (Å²) in [6, 6.07) is 7.32. The first kappa shape index (κ1) is 18.8. The Labute approximate surface area is 159 Å². The number of hydrogen-bond acceptors (Lipinski definition) is 4. The van der Waals surface area contributed by atoms with Crippen molar-refractivity contribution in [3.8, 4) is 0 Å². The van der Waals surface area contributed by atoms with Crippen LogP contribution in [0.2, 0.25) is 0 Å². The van der Waals surface area contributed by atoms with Crippen LogP contribution in [0, 0.1) is 17.2 Å². The molecule has 0 radical (unpaired) electrons. The number of hydrogen-bond donors (Lipinski definition) is 1. The van der Waals surface area contributed by atoms with Crippen molar-refractivity contribution >= 4 is 11.6 Å². The lowest BCUT2D eigenvalue weighted by atomic mass is 9.35. The Kier molecular flexibility index (Phi) is 4.21. The molecule has 1 aromatic carbocycles. The van der Waals surface area contributed by atoms with Crippen molar-refractivity contribution < 1.29 is 22.4 Å². The molecule has 1 atom stereocenters. The van der Waals surface area contributed by atoms with Gasteiger partial charge in [0.15, 0.2) is 0 Å². The van der Waals surface area contributed by atoms with Gasteiger partial charge in [-0.3, -0.25) is 4.79 Å². The third-order valence-corrected chi connectivity index (χ3v) is 6.07. The lowest BCUT2D eigenvalue weighted by molar-refractivity contribution is -0.168. The number of Topliss-reactive ketones (excluding diaryl/α,β-unsaturated/α-hetero) is 1. The summed E-state index contributed by atoms with van der Waals surface area (Å²) >= 11 is 0. The van der Waals surface area contributed by atoms with E-state index >= 15 is 0 Å². The molecule has 4 nitrogen and oxygen atoms in total. The van der Waals surface area contributed by atoms with E-state index in [1.54, 1.807) is 12.1 Å². The van der Waals surface area contributed by atoms with Gasteiger partial charge < -0.3 is 5.32 Å². The summed E-state index contributed by atoms with van der Waals surface area (Å²) in [5.41, 5.74) is 0.379. The standard InChI is InChI=1S/C20H19F4N3O/c1-12(15(28)8-13-2-4-14(21)5-3-13)18-9-19(10-18,11-18)27-16-6-7-25-17(26-16)20(22,23)24/h2-7,12H,8-11H2,1H3,(H,25,26,27). The van der Waals surface area contributed by atoms with Crippen LogP contribution in [0.1, 0.15) is 37.6 Å². The number of carbonyl (C=O) groups is 1. The molecule has 1 N–H and O–H groups in total. The Morgan fingerprint density at radius 3 is 2.43 bits per heavy atom. The van der Waals surface area contributed by atoms with Crippen LogP contribution >= 0.6 is 0 Å². The van der Waals surface area contributed by atoms with Gasteiger partial charge in [0, 0.05) is 24.1 Å². The van der Waals surface area contributed by atoms with Crippen molar-refractivity contribution in [2.75, 3.05) is 5.32 Å². The fourth-order valence-corrected chi connectivity index (χ4v) is 4.59. The van der Waals surface area contributed by atoms with Gasteiger partial charge in [-0.15, -0.1) is 0 Å². The van der Waals surface area contributed by atoms with Crippen LogP contribution in [-0.4, -0.2) is 21.3 Å². The van der Waals surface area contributed by atoms with Gasteiger partial charge in [0.2, 0.25) is 5.82 Å². The maximum Gasteiger partial charge on any atom is 0.451 e. The first-order valence-electron chi connectivity index (χ1n) is 9.07. The van der Waals surface area contributed by atoms with Gasteiger partial charge in [0.1, 0.15) is 17.4 Å². The number of anilines is 1. The van der Waals surface area contributed by atoms with Crippen molar-refractivity contribution in [3.05, 3.63) is 53.7 Å². The number of nitrogens with zero attached hydrogens (tertiary/aromatic N) is 2. The molecule has 148 valence electrons. The van der Waals surface area contributed by atoms with Crippen LogP contribution in [0.3, 0.4) is 0 Å². The molecule has 3 aliphatic rings. The molecule has 3 aliphatic carbocycles. The van der Waals surface area contributed by atoms with Crippen molar-refractivity contribution in [1.29, 1.82) is 0 Å². The smallest absolute Gasteiger partial charge is 0.364 e. The zero-order valence-electron chi connectivity index (χ0n) is 15.2. The van der Waals surface area contributed by atoms with Crippen LogP contribution in [0.5, 0.6) is 0 Å². The van der Waals surface area contributed by atoms with E-state index in [0.717, 1.165) is 31.0 Å². The van der Waals surface area contributed by atoms with Crippen molar-refractivity contribution in [2.24, 2.45) is 11.3 Å². The molecular weight excluding hydrogens is 374 g/mol. The van der Waals surface area contributed by atoms with E-state index in [2.05, 4.69) is 15.3 Å². The molecule has 1 heterocycles. The Hall–Kier alpha value is -2.51. The van der Waals surface area contributed by atoms with Gasteiger partial charge in [-0.2, -0.15) is 13.2 Å². The zero-order valence-corrected chi connectivity index (χ0v) is 15.2. The number of nitrogens with one attached hydrogen (secondary N) is 1. The van der Waals surface area contributed by atoms with E-state index in [1.165, 1.54) is 18.2 Å². The first-order valence-corrected chi connectivity index (χ1v) is 9.07. The molecule has 5 rings (SSSR count). The van der Waals surface area contributed by atoms with E-state index in [1.807, 2.05) is 6.92 Å². The molecule has 3 fully saturated rings. The Balaban J connectivity index is 1.36. The van der Waals surface area contributed by atoms with Gasteiger partial charge in [-0.25, -0.2) is 14.4 Å². The quantitative estimate of drug-likeness (QED) is 0.739. The number of halogens is 4. The summed E-state index contributed by atoms with van der Waals surface area (Å²) in [6.07, 6.45) is -1.07. The van der Waals surface area contributed by atoms with E-state index in [9.17, 15) is 22.4 Å². The molecule has 2 aromatic rings. The number of alkyl halides is 3. The van der Waals surface area contributed by atoms with Crippen LogP contribution in [0.4, 0.5) is 23.4 Å². The summed E-state index contributed by atoms with van der Waals surface area (Å²) in [4.78, 5) is 19.4. The van der Waals surface area contributed by atoms with E-state index in [0.29, 0.717) is 0 Å². The summed E-state index contributed by atoms with van der Waals surface area (Å²) in [6.45, 7) is 1.90. The molecule has 3 saturated carbocycles. The number of aromatic nitrogens is 2. The van der Waals surface area contributed by atoms with Gasteiger partial charge in [0.05, 0.1) is 0 Å². The van der Waals surface area contributed by atoms with Crippen molar-refractivity contribution in [3.63, 3.8) is 0 Å². The molecule has 1 aromatic heterocycles. The fourth-order valence-electron chi connectivity index (χ4n) is 4.59. The Morgan fingerprint density at radius 2 is 1.82 bits per heavy atom. The third kappa shape index (κ3) is 3.25. The molecule has 0 spiro atoms. The van der Waals surface area contributed by atoms with Gasteiger partial charge in [-0.05, 0) is 48.4 Å². The minimum atomic E-state index is -4.58. The number of benzene rings is 1. The highest BCUT2D eigenvalue weighted by molar-refractivity contribution is 5.84. The average molecular weight is 393 g/mol. The summed E-state index contributed by atoms with van der Waals surface area (Å²) in [5, 5.41) is 3.10. The van der Waals surface area contributed by atoms with Crippen molar-refractivity contribution in [1.82, 2.24) is 9.97 Å². The molecule has 0 amide bonds. The van der Waals surface area contributed by atoms with Crippen LogP contribution < -0.4 is 5.32 Å². The minimum absolute atomic E-state index is 0.0984. The highest BCUT2D eigenvalue weighted by atomic mass is 19.4. The third-order valence-electron chi connectivity index (χ3n) is 6.07. The average Bonchev–Trinajstić information content (AvgIpc) is 2.58. The van der Waals surface area contributed by atoms with Crippen LogP contribution in [-0.2, 0) is 17.4 Å². The highest BCUT2D eigenvalue weighted by Crippen LogP contribution is 2.71. The minimum Gasteiger partial charge on any atom is -0.364 e. The first-order chi connectivity index (χ1) is 13.1. The van der Waals surface area contributed by atoms with Gasteiger partial charge in [-0.1, -0.05) is 19.1 Å². The topological polar surface area (TPSA) is 54.9 Å². The summed E-state index contributed by atoms with van der Waals surface area (Å²) < 4.78 is 51.2. The van der Waals surface area contributed by atoms with Gasteiger partial charge in [0.25, 0.3) is 0 Å². The maximum absolute atomic E-state index is 13.0. The predicted molar refractivity (Wildman–Crippen MR) is 93.9 cm³/mol. The molecular formula is C20H19F4N3O. The van der Waals surface area contributed by atoms with Crippen molar-refractivity contribution in [2.45, 2.75) is 44.3 Å². The Morgan fingerprint density at radius 1 is 1.18 bits per heavy atom. The summed E-state index contributed by atoms with van der Waals surface area (Å²) in [5.74, 6) is -1.41. The molecule has 0 saturated heterocycles. The molecule has 0 aliphatic heterocycles. The second-order valence-electron chi connectivity index (χ2n) is 8.05. The fraction of sp³-hybridized carbons (Fsp3) is 0.450. The highest BCUT2D eigenvalue weighted by Gasteiger charge is 2.70. The van der Waals surface area contributed by atoms with E-state index in [-0.39, 0.29) is 40.7 Å². The summed E-state index contributed by atoms with van der Waals surface area (Å²) in [7, 11) is 0. The molecule has 1 unspecified atom stereocenters. The zero-order chi connectivity index (χ0) is 20.2. The van der Waals surface area contributed by atoms with E-state index < -0.39 is 12.0 Å². The number of ketones is 1. The lowest BCUT2D eigenvalue weighted by Gasteiger charge is -2.72. The SMILES string of the molecule is CC(C(=O)Cc1ccc(F)cc1)C12CC(Nc3ccnc(C(F)(F)F)n3)(C1)C2. The number of carbonyl (C=O) groups excluding carboxylic acids is 1. The monoisotopic (exact) mass is 393 g/mol. The van der Waals surface area contributed by atoms with E-state index in [4.69, 9.17) is 0 Å². The number of rotatable bonds is 6. The van der Waals surface area contributed by atoms with Crippen LogP contribution in [0.15, 0.2) is 36.5 Å². The Bertz CT molecular complexity index is 891. The molecule has 8 heteroatoms. The van der Waals surface area contributed by atoms with Gasteiger partial charge >= 0.3 is 6.18 Å².